The Morgan fingerprint density at radius 1 is 0.636 bits per heavy atom. The van der Waals surface area contributed by atoms with Crippen molar-refractivity contribution in [3.8, 4) is 17.2 Å². The average molecular weight is 435 g/mol. The second-order valence-electron chi connectivity index (χ2n) is 8.74. The van der Waals surface area contributed by atoms with E-state index in [4.69, 9.17) is 14.2 Å². The fourth-order valence-electron chi connectivity index (χ4n) is 5.57. The van der Waals surface area contributed by atoms with Crippen LogP contribution in [-0.4, -0.2) is 21.3 Å². The first-order valence-electron chi connectivity index (χ1n) is 11.3. The molecule has 0 heterocycles. The summed E-state index contributed by atoms with van der Waals surface area (Å²) in [5, 5.41) is 0. The highest BCUT2D eigenvalue weighted by molar-refractivity contribution is 5.77. The van der Waals surface area contributed by atoms with Crippen LogP contribution in [0.5, 0.6) is 17.2 Å². The molecule has 3 aliphatic rings. The zero-order valence-corrected chi connectivity index (χ0v) is 19.1. The summed E-state index contributed by atoms with van der Waals surface area (Å²) in [6.45, 7) is 0. The van der Waals surface area contributed by atoms with E-state index < -0.39 is 0 Å². The van der Waals surface area contributed by atoms with Crippen LogP contribution in [0.25, 0.3) is 18.2 Å². The summed E-state index contributed by atoms with van der Waals surface area (Å²) in [5.74, 6) is 3.14. The lowest BCUT2D eigenvalue weighted by molar-refractivity contribution is 0.410. The van der Waals surface area contributed by atoms with Crippen LogP contribution >= 0.6 is 0 Å². The van der Waals surface area contributed by atoms with E-state index in [1.165, 1.54) is 44.5 Å². The maximum atomic E-state index is 5.77. The standard InChI is InChI=1S/C30H26O3/c1-31-19-8-10-21-18(15-19)7-9-23(21)28-16-20(32-2)17-29-25(11-12-26(28)29)24-13-14-30(33-3)27-6-4-5-22(24)27/h4-5,7-17,23,25H,6H2,1-3H3. The number of hydrogen-bond donors (Lipinski definition) is 0. The van der Waals surface area contributed by atoms with Crippen LogP contribution in [0.2, 0.25) is 0 Å². The van der Waals surface area contributed by atoms with Gasteiger partial charge in [0.25, 0.3) is 0 Å². The summed E-state index contributed by atoms with van der Waals surface area (Å²) >= 11 is 0. The normalized spacial score (nSPS) is 18.9. The number of benzene rings is 3. The van der Waals surface area contributed by atoms with Gasteiger partial charge in [-0.2, -0.15) is 0 Å². The van der Waals surface area contributed by atoms with Crippen LogP contribution < -0.4 is 14.2 Å². The van der Waals surface area contributed by atoms with E-state index in [0.29, 0.717) is 0 Å². The molecule has 2 unspecified atom stereocenters. The summed E-state index contributed by atoms with van der Waals surface area (Å²) in [6, 6.07) is 15.1. The molecule has 0 radical (unpaired) electrons. The van der Waals surface area contributed by atoms with E-state index in [1.807, 2.05) is 6.07 Å². The minimum atomic E-state index is 0.192. The molecular formula is C30H26O3. The first kappa shape index (κ1) is 19.9. The van der Waals surface area contributed by atoms with E-state index in [0.717, 1.165) is 23.7 Å². The van der Waals surface area contributed by atoms with Crippen molar-refractivity contribution in [1.29, 1.82) is 0 Å². The molecule has 164 valence electrons. The number of fused-ring (bicyclic) bond motifs is 3. The van der Waals surface area contributed by atoms with Gasteiger partial charge in [0.05, 0.1) is 21.3 Å². The third-order valence-corrected chi connectivity index (χ3v) is 7.19. The van der Waals surface area contributed by atoms with Gasteiger partial charge >= 0.3 is 0 Å². The summed E-state index contributed by atoms with van der Waals surface area (Å²) in [6.07, 6.45) is 14.5. The van der Waals surface area contributed by atoms with Crippen LogP contribution in [0.3, 0.4) is 0 Å². The average Bonchev–Trinajstić information content (AvgIpc) is 3.60. The zero-order chi connectivity index (χ0) is 22.5. The number of hydrogen-bond acceptors (Lipinski definition) is 3. The molecule has 0 aliphatic heterocycles. The second kappa shape index (κ2) is 7.70. The third kappa shape index (κ3) is 3.03. The molecule has 3 nitrogen and oxygen atoms in total. The molecule has 0 saturated heterocycles. The first-order valence-corrected chi connectivity index (χ1v) is 11.3. The predicted molar refractivity (Wildman–Crippen MR) is 133 cm³/mol. The van der Waals surface area contributed by atoms with Crippen molar-refractivity contribution >= 4 is 18.2 Å². The largest absolute Gasteiger partial charge is 0.497 e. The lowest BCUT2D eigenvalue weighted by atomic mass is 9.84. The van der Waals surface area contributed by atoms with Gasteiger partial charge < -0.3 is 14.2 Å². The molecule has 2 atom stereocenters. The number of methoxy groups -OCH3 is 3. The molecule has 0 fully saturated rings. The Labute approximate surface area is 194 Å². The van der Waals surface area contributed by atoms with E-state index in [1.54, 1.807) is 21.3 Å². The highest BCUT2D eigenvalue weighted by Gasteiger charge is 2.30. The zero-order valence-electron chi connectivity index (χ0n) is 19.1. The highest BCUT2D eigenvalue weighted by atomic mass is 16.5. The summed E-state index contributed by atoms with van der Waals surface area (Å²) < 4.78 is 16.8. The molecule has 0 spiro atoms. The summed E-state index contributed by atoms with van der Waals surface area (Å²) in [7, 11) is 5.21. The number of ether oxygens (including phenoxy) is 3. The van der Waals surface area contributed by atoms with E-state index in [9.17, 15) is 0 Å². The van der Waals surface area contributed by atoms with Crippen molar-refractivity contribution in [3.05, 3.63) is 105 Å². The Kier molecular flexibility index (Phi) is 4.65. The molecule has 3 aliphatic carbocycles. The van der Waals surface area contributed by atoms with Crippen molar-refractivity contribution in [3.63, 3.8) is 0 Å². The fraction of sp³-hybridized carbons (Fsp3) is 0.200. The number of rotatable bonds is 5. The van der Waals surface area contributed by atoms with Gasteiger partial charge in [-0.1, -0.05) is 48.6 Å². The van der Waals surface area contributed by atoms with Gasteiger partial charge in [0.2, 0.25) is 0 Å². The van der Waals surface area contributed by atoms with Crippen LogP contribution in [-0.2, 0) is 6.42 Å². The molecule has 0 aromatic heterocycles. The molecule has 3 heteroatoms. The minimum Gasteiger partial charge on any atom is -0.497 e. The molecule has 33 heavy (non-hydrogen) atoms. The molecule has 0 amide bonds. The van der Waals surface area contributed by atoms with Crippen molar-refractivity contribution in [2.75, 3.05) is 21.3 Å². The van der Waals surface area contributed by atoms with Crippen LogP contribution in [0.4, 0.5) is 0 Å². The maximum Gasteiger partial charge on any atom is 0.122 e. The molecule has 0 saturated carbocycles. The Bertz CT molecular complexity index is 1360. The van der Waals surface area contributed by atoms with Crippen molar-refractivity contribution < 1.29 is 14.2 Å². The maximum absolute atomic E-state index is 5.77. The third-order valence-electron chi connectivity index (χ3n) is 7.19. The van der Waals surface area contributed by atoms with Crippen molar-refractivity contribution in [1.82, 2.24) is 0 Å². The minimum absolute atomic E-state index is 0.192. The number of allylic oxidation sites excluding steroid dienone is 3. The van der Waals surface area contributed by atoms with E-state index in [2.05, 4.69) is 72.9 Å². The summed E-state index contributed by atoms with van der Waals surface area (Å²) in [4.78, 5) is 0. The van der Waals surface area contributed by atoms with Crippen molar-refractivity contribution in [2.24, 2.45) is 0 Å². The molecule has 3 aromatic rings. The Morgan fingerprint density at radius 2 is 1.36 bits per heavy atom. The van der Waals surface area contributed by atoms with Gasteiger partial charge in [0, 0.05) is 17.4 Å². The van der Waals surface area contributed by atoms with Crippen LogP contribution in [0.1, 0.15) is 56.3 Å². The fourth-order valence-corrected chi connectivity index (χ4v) is 5.57. The van der Waals surface area contributed by atoms with Gasteiger partial charge in [-0.05, 0) is 75.7 Å². The van der Waals surface area contributed by atoms with E-state index in [-0.39, 0.29) is 11.8 Å². The Hall–Kier alpha value is -3.72. The monoisotopic (exact) mass is 434 g/mol. The van der Waals surface area contributed by atoms with Gasteiger partial charge in [0.15, 0.2) is 0 Å². The topological polar surface area (TPSA) is 27.7 Å². The molecule has 6 rings (SSSR count). The molecule has 0 bridgehead atoms. The van der Waals surface area contributed by atoms with Crippen molar-refractivity contribution in [2.45, 2.75) is 18.3 Å². The van der Waals surface area contributed by atoms with Gasteiger partial charge in [-0.3, -0.25) is 0 Å². The quantitative estimate of drug-likeness (QED) is 0.453. The SMILES string of the molecule is COc1ccc2c(c1)C=CC2c1cc(OC)cc2c1C=CC2c1ccc(OC)c2c1C=CC2. The van der Waals surface area contributed by atoms with Gasteiger partial charge in [-0.25, -0.2) is 0 Å². The Balaban J connectivity index is 1.47. The second-order valence-corrected chi connectivity index (χ2v) is 8.74. The summed E-state index contributed by atoms with van der Waals surface area (Å²) in [5.41, 5.74) is 10.3. The molecule has 3 aromatic carbocycles. The van der Waals surface area contributed by atoms with Crippen LogP contribution in [0.15, 0.2) is 60.7 Å². The smallest absolute Gasteiger partial charge is 0.122 e. The highest BCUT2D eigenvalue weighted by Crippen LogP contribution is 2.47. The first-order chi connectivity index (χ1) is 16.2. The molecule has 0 N–H and O–H groups in total. The van der Waals surface area contributed by atoms with Gasteiger partial charge in [-0.15, -0.1) is 0 Å². The lowest BCUT2D eigenvalue weighted by Gasteiger charge is -2.21. The Morgan fingerprint density at radius 3 is 2.12 bits per heavy atom. The van der Waals surface area contributed by atoms with Crippen LogP contribution in [0, 0.1) is 0 Å². The van der Waals surface area contributed by atoms with E-state index >= 15 is 0 Å². The lowest BCUT2D eigenvalue weighted by Crippen LogP contribution is -2.05. The van der Waals surface area contributed by atoms with Gasteiger partial charge in [0.1, 0.15) is 17.2 Å². The molecular weight excluding hydrogens is 408 g/mol. The predicted octanol–water partition coefficient (Wildman–Crippen LogP) is 6.60.